The molecule has 2 rings (SSSR count). The first kappa shape index (κ1) is 12.7. The number of hydrogen-bond acceptors (Lipinski definition) is 6. The Hall–Kier alpha value is -2.77. The number of rotatable bonds is 3. The second kappa shape index (κ2) is 4.84. The van der Waals surface area contributed by atoms with Crippen LogP contribution in [0.5, 0.6) is 0 Å². The molecule has 0 saturated heterocycles. The summed E-state index contributed by atoms with van der Waals surface area (Å²) >= 11 is 0. The quantitative estimate of drug-likeness (QED) is 0.649. The number of aryl methyl sites for hydroxylation is 1. The summed E-state index contributed by atoms with van der Waals surface area (Å²) in [5, 5.41) is 13.4. The lowest BCUT2D eigenvalue weighted by Gasteiger charge is -2.08. The molecule has 0 radical (unpaired) electrons. The fourth-order valence-corrected chi connectivity index (χ4v) is 1.48. The van der Waals surface area contributed by atoms with Crippen molar-refractivity contribution in [2.45, 2.75) is 6.92 Å². The number of nitrogens with one attached hydrogen (secondary N) is 1. The number of nitrogen functional groups attached to an aromatic ring is 1. The molecule has 0 unspecified atom stereocenters. The van der Waals surface area contributed by atoms with E-state index in [1.807, 2.05) is 0 Å². The Balaban J connectivity index is 2.45. The Bertz CT molecular complexity index is 647. The second-order valence-electron chi connectivity index (χ2n) is 3.83. The zero-order valence-corrected chi connectivity index (χ0v) is 9.92. The molecule has 1 aromatic heterocycles. The van der Waals surface area contributed by atoms with Crippen LogP contribution in [-0.4, -0.2) is 14.9 Å². The van der Waals surface area contributed by atoms with Gasteiger partial charge in [0.05, 0.1) is 10.6 Å². The van der Waals surface area contributed by atoms with Gasteiger partial charge in [-0.3, -0.25) is 10.1 Å². The van der Waals surface area contributed by atoms with Crippen LogP contribution in [0.1, 0.15) is 5.56 Å². The van der Waals surface area contributed by atoms with Crippen LogP contribution in [0.15, 0.2) is 24.4 Å². The first-order valence-corrected chi connectivity index (χ1v) is 5.27. The maximum atomic E-state index is 13.6. The van der Waals surface area contributed by atoms with E-state index >= 15 is 0 Å². The van der Waals surface area contributed by atoms with Crippen molar-refractivity contribution in [1.82, 2.24) is 9.97 Å². The van der Waals surface area contributed by atoms with Gasteiger partial charge < -0.3 is 11.1 Å². The molecule has 98 valence electrons. The lowest BCUT2D eigenvalue weighted by Crippen LogP contribution is -2.05. The largest absolute Gasteiger partial charge is 0.368 e. The van der Waals surface area contributed by atoms with E-state index in [9.17, 15) is 14.5 Å². The number of aromatic nitrogens is 2. The monoisotopic (exact) mass is 263 g/mol. The van der Waals surface area contributed by atoms with Crippen molar-refractivity contribution in [2.24, 2.45) is 0 Å². The fraction of sp³-hybridized carbons (Fsp3) is 0.0909. The molecule has 19 heavy (non-hydrogen) atoms. The highest BCUT2D eigenvalue weighted by Crippen LogP contribution is 2.27. The van der Waals surface area contributed by atoms with E-state index in [0.29, 0.717) is 0 Å². The molecule has 0 aliphatic carbocycles. The van der Waals surface area contributed by atoms with Crippen LogP contribution in [-0.2, 0) is 0 Å². The maximum absolute atomic E-state index is 13.6. The molecule has 2 aromatic rings. The predicted molar refractivity (Wildman–Crippen MR) is 67.5 cm³/mol. The van der Waals surface area contributed by atoms with Gasteiger partial charge in [0.2, 0.25) is 11.8 Å². The molecular formula is C11H10FN5O2. The molecule has 0 fully saturated rings. The summed E-state index contributed by atoms with van der Waals surface area (Å²) in [5.74, 6) is -0.833. The van der Waals surface area contributed by atoms with Crippen LogP contribution in [0, 0.1) is 22.9 Å². The van der Waals surface area contributed by atoms with E-state index in [-0.39, 0.29) is 23.1 Å². The van der Waals surface area contributed by atoms with Crippen molar-refractivity contribution >= 4 is 23.1 Å². The average Bonchev–Trinajstić information content (AvgIpc) is 2.33. The minimum absolute atomic E-state index is 0.0844. The molecule has 0 amide bonds. The summed E-state index contributed by atoms with van der Waals surface area (Å²) in [5.41, 5.74) is 5.88. The second-order valence-corrected chi connectivity index (χ2v) is 3.83. The third-order valence-corrected chi connectivity index (χ3v) is 2.36. The Labute approximate surface area is 107 Å². The van der Waals surface area contributed by atoms with Gasteiger partial charge in [-0.25, -0.2) is 9.37 Å². The predicted octanol–water partition coefficient (Wildman–Crippen LogP) is 2.16. The zero-order valence-electron chi connectivity index (χ0n) is 9.92. The van der Waals surface area contributed by atoms with Crippen molar-refractivity contribution in [1.29, 1.82) is 0 Å². The summed E-state index contributed by atoms with van der Waals surface area (Å²) in [4.78, 5) is 17.4. The Morgan fingerprint density at radius 3 is 2.89 bits per heavy atom. The van der Waals surface area contributed by atoms with Crippen LogP contribution in [0.2, 0.25) is 0 Å². The van der Waals surface area contributed by atoms with Gasteiger partial charge in [0.1, 0.15) is 12.0 Å². The summed E-state index contributed by atoms with van der Waals surface area (Å²) in [6, 6.07) is 4.36. The Morgan fingerprint density at radius 2 is 2.21 bits per heavy atom. The zero-order chi connectivity index (χ0) is 14.0. The third kappa shape index (κ3) is 2.73. The molecule has 0 aliphatic heterocycles. The lowest BCUT2D eigenvalue weighted by atomic mass is 10.2. The average molecular weight is 263 g/mol. The lowest BCUT2D eigenvalue weighted by molar-refractivity contribution is -0.384. The van der Waals surface area contributed by atoms with Crippen LogP contribution in [0.4, 0.5) is 27.5 Å². The first-order valence-electron chi connectivity index (χ1n) is 5.27. The van der Waals surface area contributed by atoms with E-state index in [4.69, 9.17) is 5.73 Å². The highest BCUT2D eigenvalue weighted by Gasteiger charge is 2.18. The van der Waals surface area contributed by atoms with Gasteiger partial charge in [0.15, 0.2) is 0 Å². The number of halogens is 1. The summed E-state index contributed by atoms with van der Waals surface area (Å²) in [6.07, 6.45) is 0.971. The summed E-state index contributed by atoms with van der Waals surface area (Å²) < 4.78 is 13.6. The van der Waals surface area contributed by atoms with Crippen molar-refractivity contribution in [3.05, 3.63) is 45.9 Å². The molecule has 8 heteroatoms. The molecule has 0 aliphatic rings. The Morgan fingerprint density at radius 1 is 1.47 bits per heavy atom. The minimum atomic E-state index is -0.671. The topological polar surface area (TPSA) is 107 Å². The number of hydrogen-bond donors (Lipinski definition) is 2. The number of nitrogens with zero attached hydrogens (tertiary/aromatic N) is 3. The van der Waals surface area contributed by atoms with Crippen LogP contribution < -0.4 is 11.1 Å². The summed E-state index contributed by atoms with van der Waals surface area (Å²) in [6.45, 7) is 1.77. The molecule has 0 saturated carbocycles. The van der Waals surface area contributed by atoms with E-state index in [0.717, 1.165) is 11.8 Å². The number of benzene rings is 1. The van der Waals surface area contributed by atoms with Gasteiger partial charge in [-0.1, -0.05) is 6.07 Å². The van der Waals surface area contributed by atoms with E-state index < -0.39 is 10.7 Å². The van der Waals surface area contributed by atoms with Crippen LogP contribution >= 0.6 is 0 Å². The van der Waals surface area contributed by atoms with Crippen molar-refractivity contribution in [3.63, 3.8) is 0 Å². The van der Waals surface area contributed by atoms with E-state index in [2.05, 4.69) is 15.3 Å². The Kier molecular flexibility index (Phi) is 3.23. The standard InChI is InChI=1S/C11H10FN5O2/c1-6-2-3-7(12)8(4-6)15-10-9(17(18)19)5-14-11(13)16-10/h2-5H,1H3,(H3,13,14,15,16). The van der Waals surface area contributed by atoms with Gasteiger partial charge >= 0.3 is 5.69 Å². The first-order chi connectivity index (χ1) is 8.97. The van der Waals surface area contributed by atoms with Gasteiger partial charge in [0, 0.05) is 0 Å². The molecule has 3 N–H and O–H groups in total. The molecular weight excluding hydrogens is 253 g/mol. The van der Waals surface area contributed by atoms with Gasteiger partial charge in [-0.05, 0) is 24.6 Å². The fourth-order valence-electron chi connectivity index (χ4n) is 1.48. The smallest absolute Gasteiger partial charge is 0.329 e. The van der Waals surface area contributed by atoms with Crippen molar-refractivity contribution in [2.75, 3.05) is 11.1 Å². The molecule has 0 spiro atoms. The molecule has 1 heterocycles. The van der Waals surface area contributed by atoms with Crippen LogP contribution in [0.25, 0.3) is 0 Å². The number of anilines is 3. The highest BCUT2D eigenvalue weighted by molar-refractivity contribution is 5.66. The molecule has 7 nitrogen and oxygen atoms in total. The van der Waals surface area contributed by atoms with Crippen molar-refractivity contribution < 1.29 is 9.31 Å². The molecule has 0 atom stereocenters. The van der Waals surface area contributed by atoms with E-state index in [1.54, 1.807) is 13.0 Å². The maximum Gasteiger partial charge on any atom is 0.329 e. The van der Waals surface area contributed by atoms with Gasteiger partial charge in [0.25, 0.3) is 0 Å². The number of nitro groups is 1. The van der Waals surface area contributed by atoms with Gasteiger partial charge in [-0.2, -0.15) is 4.98 Å². The van der Waals surface area contributed by atoms with E-state index in [1.165, 1.54) is 12.1 Å². The summed E-state index contributed by atoms with van der Waals surface area (Å²) in [7, 11) is 0. The van der Waals surface area contributed by atoms with Crippen LogP contribution in [0.3, 0.4) is 0 Å². The molecule has 1 aromatic carbocycles. The SMILES string of the molecule is Cc1ccc(F)c(Nc2nc(N)ncc2[N+](=O)[O-])c1. The highest BCUT2D eigenvalue weighted by atomic mass is 19.1. The molecule has 0 bridgehead atoms. The minimum Gasteiger partial charge on any atom is -0.368 e. The number of nitrogens with two attached hydrogens (primary N) is 1. The van der Waals surface area contributed by atoms with Gasteiger partial charge in [-0.15, -0.1) is 0 Å². The normalized spacial score (nSPS) is 10.2. The van der Waals surface area contributed by atoms with Crippen molar-refractivity contribution in [3.8, 4) is 0 Å². The third-order valence-electron chi connectivity index (χ3n) is 2.36.